The number of carbonyl (C=O) groups excluding carboxylic acids is 1. The molecule has 0 bridgehead atoms. The van der Waals surface area contributed by atoms with Crippen molar-refractivity contribution in [3.05, 3.63) is 71.0 Å². The van der Waals surface area contributed by atoms with E-state index >= 15 is 0 Å². The Hall–Kier alpha value is -2.09. The van der Waals surface area contributed by atoms with E-state index in [1.54, 1.807) is 17.0 Å². The molecule has 8 heteroatoms. The second-order valence-electron chi connectivity index (χ2n) is 9.48. The summed E-state index contributed by atoms with van der Waals surface area (Å²) in [6, 6.07) is 9.39. The molecule has 2 aliphatic heterocycles. The minimum atomic E-state index is -1.18. The van der Waals surface area contributed by atoms with E-state index in [0.717, 1.165) is 6.07 Å². The SMILES string of the molecule is C[C@@H]1CN(C(=O)[C@@H]2CN(C)C[C@H]2c2ccc(F)cc2F)C[C@H](C)[C@]1(O)c1ccc(F)cc1.Cl. The first-order valence-corrected chi connectivity index (χ1v) is 11.0. The number of hydrogen-bond donors (Lipinski definition) is 1. The average Bonchev–Trinajstić information content (AvgIpc) is 3.12. The molecule has 4 rings (SSSR count). The molecule has 0 aliphatic carbocycles. The number of carbonyl (C=O) groups is 1. The van der Waals surface area contributed by atoms with Crippen molar-refractivity contribution in [2.75, 3.05) is 33.2 Å². The molecule has 1 amide bonds. The molecule has 2 aliphatic rings. The standard InChI is InChI=1S/C25H29F3N2O2.ClH/c1-15-11-30(12-16(2)25(15,32)17-4-6-18(26)7-5-17)24(31)22-14-29(3)13-21(22)20-9-8-19(27)10-23(20)28;/h4-10,15-16,21-22,32H,11-14H2,1-3H3;1H/t15-,16+,21-,22+,25+;/m0./s1. The number of benzene rings is 2. The van der Waals surface area contributed by atoms with Crippen molar-refractivity contribution < 1.29 is 23.1 Å². The first-order valence-electron chi connectivity index (χ1n) is 11.0. The lowest BCUT2D eigenvalue weighted by Gasteiger charge is -2.48. The maximum atomic E-state index is 14.5. The van der Waals surface area contributed by atoms with Gasteiger partial charge in [-0.15, -0.1) is 12.4 Å². The Balaban J connectivity index is 0.00000306. The fraction of sp³-hybridized carbons (Fsp3) is 0.480. The fourth-order valence-corrected chi connectivity index (χ4v) is 5.57. The lowest BCUT2D eigenvalue weighted by Crippen LogP contribution is -2.57. The number of nitrogens with zero attached hydrogens (tertiary/aromatic N) is 2. The van der Waals surface area contributed by atoms with Crippen LogP contribution in [0, 0.1) is 35.2 Å². The molecular weight excluding hydrogens is 453 g/mol. The van der Waals surface area contributed by atoms with Crippen LogP contribution in [-0.4, -0.2) is 54.0 Å². The van der Waals surface area contributed by atoms with Gasteiger partial charge in [0, 0.05) is 50.0 Å². The third kappa shape index (κ3) is 4.63. The molecule has 2 saturated heterocycles. The molecule has 33 heavy (non-hydrogen) atoms. The van der Waals surface area contributed by atoms with Gasteiger partial charge in [0.05, 0.1) is 11.5 Å². The monoisotopic (exact) mass is 482 g/mol. The van der Waals surface area contributed by atoms with Gasteiger partial charge < -0.3 is 14.9 Å². The van der Waals surface area contributed by atoms with Gasteiger partial charge in [-0.3, -0.25) is 4.79 Å². The van der Waals surface area contributed by atoms with Crippen molar-refractivity contribution in [2.45, 2.75) is 25.4 Å². The molecule has 2 fully saturated rings. The van der Waals surface area contributed by atoms with Gasteiger partial charge in [-0.25, -0.2) is 13.2 Å². The molecule has 2 heterocycles. The Kier molecular flexibility index (Phi) is 7.46. The van der Waals surface area contributed by atoms with Crippen molar-refractivity contribution in [3.8, 4) is 0 Å². The zero-order valence-corrected chi connectivity index (χ0v) is 19.8. The smallest absolute Gasteiger partial charge is 0.227 e. The topological polar surface area (TPSA) is 43.8 Å². The Bertz CT molecular complexity index is 992. The van der Waals surface area contributed by atoms with Crippen LogP contribution in [-0.2, 0) is 10.4 Å². The van der Waals surface area contributed by atoms with Gasteiger partial charge in [0.1, 0.15) is 17.5 Å². The minimum absolute atomic E-state index is 0. The summed E-state index contributed by atoms with van der Waals surface area (Å²) in [5, 5.41) is 11.5. The minimum Gasteiger partial charge on any atom is -0.384 e. The van der Waals surface area contributed by atoms with Gasteiger partial charge in [0.15, 0.2) is 0 Å². The van der Waals surface area contributed by atoms with E-state index in [-0.39, 0.29) is 41.9 Å². The predicted octanol–water partition coefficient (Wildman–Crippen LogP) is 4.17. The second-order valence-corrected chi connectivity index (χ2v) is 9.48. The Morgan fingerprint density at radius 3 is 2.09 bits per heavy atom. The highest BCUT2D eigenvalue weighted by Gasteiger charge is 2.49. The fourth-order valence-electron chi connectivity index (χ4n) is 5.57. The van der Waals surface area contributed by atoms with E-state index in [4.69, 9.17) is 0 Å². The summed E-state index contributed by atoms with van der Waals surface area (Å²) in [7, 11) is 1.89. The highest BCUT2D eigenvalue weighted by molar-refractivity contribution is 5.85. The molecule has 0 spiro atoms. The Morgan fingerprint density at radius 2 is 1.52 bits per heavy atom. The van der Waals surface area contributed by atoms with Gasteiger partial charge in [-0.1, -0.05) is 32.0 Å². The lowest BCUT2D eigenvalue weighted by molar-refractivity contribution is -0.152. The molecular formula is C25H30ClF3N2O2. The van der Waals surface area contributed by atoms with Gasteiger partial charge in [0.25, 0.3) is 0 Å². The Labute approximate surface area is 198 Å². The van der Waals surface area contributed by atoms with Gasteiger partial charge in [-0.2, -0.15) is 0 Å². The summed E-state index contributed by atoms with van der Waals surface area (Å²) >= 11 is 0. The Morgan fingerprint density at radius 1 is 0.939 bits per heavy atom. The summed E-state index contributed by atoms with van der Waals surface area (Å²) in [4.78, 5) is 17.3. The second kappa shape index (κ2) is 9.65. The van der Waals surface area contributed by atoms with E-state index in [1.165, 1.54) is 24.3 Å². The first kappa shape index (κ1) is 25.5. The molecule has 2 aromatic rings. The molecule has 5 atom stereocenters. The molecule has 4 nitrogen and oxygen atoms in total. The predicted molar refractivity (Wildman–Crippen MR) is 123 cm³/mol. The molecule has 0 unspecified atom stereocenters. The molecule has 2 aromatic carbocycles. The van der Waals surface area contributed by atoms with Crippen LogP contribution in [0.5, 0.6) is 0 Å². The van der Waals surface area contributed by atoms with E-state index in [9.17, 15) is 23.1 Å². The molecule has 180 valence electrons. The highest BCUT2D eigenvalue weighted by atomic mass is 35.5. The number of piperidine rings is 1. The maximum absolute atomic E-state index is 14.5. The zero-order valence-electron chi connectivity index (χ0n) is 19.0. The number of likely N-dealkylation sites (tertiary alicyclic amines) is 2. The normalized spacial score (nSPS) is 30.2. The van der Waals surface area contributed by atoms with E-state index in [2.05, 4.69) is 0 Å². The van der Waals surface area contributed by atoms with Crippen molar-refractivity contribution >= 4 is 18.3 Å². The van der Waals surface area contributed by atoms with Crippen molar-refractivity contribution in [1.82, 2.24) is 9.80 Å². The van der Waals surface area contributed by atoms with Crippen molar-refractivity contribution in [2.24, 2.45) is 17.8 Å². The van der Waals surface area contributed by atoms with Crippen LogP contribution in [0.3, 0.4) is 0 Å². The summed E-state index contributed by atoms with van der Waals surface area (Å²) in [5.74, 6) is -3.08. The number of amides is 1. The third-order valence-corrected chi connectivity index (χ3v) is 7.29. The molecule has 1 N–H and O–H groups in total. The summed E-state index contributed by atoms with van der Waals surface area (Å²) in [5.41, 5.74) is -0.188. The lowest BCUT2D eigenvalue weighted by atomic mass is 9.70. The molecule has 0 aromatic heterocycles. The third-order valence-electron chi connectivity index (χ3n) is 7.29. The largest absolute Gasteiger partial charge is 0.384 e. The summed E-state index contributed by atoms with van der Waals surface area (Å²) < 4.78 is 41.3. The number of likely N-dealkylation sites (N-methyl/N-ethyl adjacent to an activating group) is 1. The van der Waals surface area contributed by atoms with Crippen LogP contribution in [0.1, 0.15) is 30.9 Å². The highest BCUT2D eigenvalue weighted by Crippen LogP contribution is 2.43. The van der Waals surface area contributed by atoms with Gasteiger partial charge >= 0.3 is 0 Å². The number of halogens is 4. The van der Waals surface area contributed by atoms with Gasteiger partial charge in [-0.05, 0) is 36.4 Å². The van der Waals surface area contributed by atoms with Crippen LogP contribution in [0.2, 0.25) is 0 Å². The summed E-state index contributed by atoms with van der Waals surface area (Å²) in [6.07, 6.45) is 0. The average molecular weight is 483 g/mol. The number of hydrogen-bond acceptors (Lipinski definition) is 3. The van der Waals surface area contributed by atoms with Crippen LogP contribution in [0.4, 0.5) is 13.2 Å². The molecule has 0 radical (unpaired) electrons. The van der Waals surface area contributed by atoms with Crippen LogP contribution in [0.15, 0.2) is 42.5 Å². The first-order chi connectivity index (χ1) is 15.1. The quantitative estimate of drug-likeness (QED) is 0.714. The van der Waals surface area contributed by atoms with E-state index in [0.29, 0.717) is 37.3 Å². The van der Waals surface area contributed by atoms with Gasteiger partial charge in [0.2, 0.25) is 5.91 Å². The molecule has 0 saturated carbocycles. The maximum Gasteiger partial charge on any atom is 0.227 e. The van der Waals surface area contributed by atoms with E-state index < -0.39 is 23.2 Å². The number of rotatable bonds is 3. The van der Waals surface area contributed by atoms with Crippen LogP contribution < -0.4 is 0 Å². The van der Waals surface area contributed by atoms with Crippen molar-refractivity contribution in [3.63, 3.8) is 0 Å². The van der Waals surface area contributed by atoms with E-state index in [1.807, 2.05) is 25.8 Å². The van der Waals surface area contributed by atoms with Crippen LogP contribution in [0.25, 0.3) is 0 Å². The number of aliphatic hydroxyl groups is 1. The zero-order chi connectivity index (χ0) is 23.2. The van der Waals surface area contributed by atoms with Crippen molar-refractivity contribution in [1.29, 1.82) is 0 Å². The van der Waals surface area contributed by atoms with Crippen LogP contribution >= 0.6 is 12.4 Å². The summed E-state index contributed by atoms with van der Waals surface area (Å²) in [6.45, 7) is 5.46.